The van der Waals surface area contributed by atoms with E-state index in [4.69, 9.17) is 5.73 Å². The summed E-state index contributed by atoms with van der Waals surface area (Å²) in [6.45, 7) is 4.60. The molecule has 0 fully saturated rings. The van der Waals surface area contributed by atoms with Crippen LogP contribution in [0.25, 0.3) is 0 Å². The van der Waals surface area contributed by atoms with Crippen LogP contribution >= 0.6 is 0 Å². The van der Waals surface area contributed by atoms with E-state index in [2.05, 4.69) is 0 Å². The molecule has 0 aliphatic rings. The lowest BCUT2D eigenvalue weighted by Gasteiger charge is -2.29. The summed E-state index contributed by atoms with van der Waals surface area (Å²) in [6.07, 6.45) is -0.226. The summed E-state index contributed by atoms with van der Waals surface area (Å²) in [5.74, 6) is -2.64. The van der Waals surface area contributed by atoms with E-state index in [9.17, 15) is 8.78 Å². The maximum absolute atomic E-state index is 12.9. The van der Waals surface area contributed by atoms with Crippen LogP contribution in [0.15, 0.2) is 0 Å². The lowest BCUT2D eigenvalue weighted by molar-refractivity contribution is -0.100. The second-order valence-electron chi connectivity index (χ2n) is 3.49. The Hall–Kier alpha value is -0.180. The number of hydrogen-bond donors (Lipinski definition) is 1. The van der Waals surface area contributed by atoms with Crippen molar-refractivity contribution < 1.29 is 8.78 Å². The molecule has 0 saturated heterocycles. The van der Waals surface area contributed by atoms with Crippen LogP contribution < -0.4 is 5.73 Å². The third kappa shape index (κ3) is 2.21. The first-order chi connectivity index (χ1) is 4.31. The highest BCUT2D eigenvalue weighted by Crippen LogP contribution is 2.37. The van der Waals surface area contributed by atoms with Crippen LogP contribution in [0, 0.1) is 5.41 Å². The number of nitrogens with two attached hydrogens (primary N) is 1. The molecule has 0 atom stereocenters. The lowest BCUT2D eigenvalue weighted by atomic mass is 9.86. The van der Waals surface area contributed by atoms with Gasteiger partial charge in [-0.05, 0) is 6.54 Å². The number of alkyl halides is 2. The Kier molecular flexibility index (Phi) is 2.77. The molecular formula is C7H15F2N. The molecule has 0 rings (SSSR count). The maximum atomic E-state index is 12.9. The van der Waals surface area contributed by atoms with E-state index in [1.54, 1.807) is 0 Å². The summed E-state index contributed by atoms with van der Waals surface area (Å²) < 4.78 is 25.7. The fraction of sp³-hybridized carbons (Fsp3) is 1.00. The second-order valence-corrected chi connectivity index (χ2v) is 3.49. The zero-order valence-corrected chi connectivity index (χ0v) is 6.75. The molecule has 0 spiro atoms. The summed E-state index contributed by atoms with van der Waals surface area (Å²) >= 11 is 0. The Morgan fingerprint density at radius 1 is 1.20 bits per heavy atom. The van der Waals surface area contributed by atoms with Gasteiger partial charge >= 0.3 is 0 Å². The molecule has 62 valence electrons. The van der Waals surface area contributed by atoms with Crippen molar-refractivity contribution in [2.45, 2.75) is 33.1 Å². The molecule has 2 N–H and O–H groups in total. The van der Waals surface area contributed by atoms with Gasteiger partial charge in [0.1, 0.15) is 0 Å². The monoisotopic (exact) mass is 151 g/mol. The van der Waals surface area contributed by atoms with Gasteiger partial charge in [-0.15, -0.1) is 0 Å². The van der Waals surface area contributed by atoms with Crippen molar-refractivity contribution in [2.24, 2.45) is 11.1 Å². The van der Waals surface area contributed by atoms with Crippen molar-refractivity contribution in [1.82, 2.24) is 0 Å². The normalized spacial score (nSPS) is 13.8. The van der Waals surface area contributed by atoms with E-state index in [1.165, 1.54) is 20.8 Å². The van der Waals surface area contributed by atoms with Gasteiger partial charge in [0.2, 0.25) is 0 Å². The molecule has 0 heterocycles. The van der Waals surface area contributed by atoms with Crippen molar-refractivity contribution >= 4 is 0 Å². The van der Waals surface area contributed by atoms with Gasteiger partial charge in [-0.25, -0.2) is 8.78 Å². The topological polar surface area (TPSA) is 26.0 Å². The van der Waals surface area contributed by atoms with Gasteiger partial charge in [-0.2, -0.15) is 0 Å². The highest BCUT2D eigenvalue weighted by atomic mass is 19.3. The van der Waals surface area contributed by atoms with Gasteiger partial charge < -0.3 is 5.73 Å². The van der Waals surface area contributed by atoms with E-state index >= 15 is 0 Å². The number of hydrogen-bond acceptors (Lipinski definition) is 1. The molecule has 0 aromatic carbocycles. The average molecular weight is 151 g/mol. The molecule has 0 aromatic heterocycles. The predicted octanol–water partition coefficient (Wildman–Crippen LogP) is 2.02. The summed E-state index contributed by atoms with van der Waals surface area (Å²) in [5, 5.41) is 0. The van der Waals surface area contributed by atoms with E-state index in [0.29, 0.717) is 0 Å². The quantitative estimate of drug-likeness (QED) is 0.642. The molecule has 0 aliphatic heterocycles. The Balaban J connectivity index is 4.10. The van der Waals surface area contributed by atoms with Crippen LogP contribution in [-0.2, 0) is 0 Å². The average Bonchev–Trinajstić information content (AvgIpc) is 1.61. The second kappa shape index (κ2) is 2.82. The van der Waals surface area contributed by atoms with Gasteiger partial charge in [0, 0.05) is 11.8 Å². The van der Waals surface area contributed by atoms with E-state index < -0.39 is 11.3 Å². The largest absolute Gasteiger partial charge is 0.330 e. The van der Waals surface area contributed by atoms with Gasteiger partial charge in [0.05, 0.1) is 0 Å². The van der Waals surface area contributed by atoms with Crippen molar-refractivity contribution in [1.29, 1.82) is 0 Å². The standard InChI is InChI=1S/C7H15F2N/c1-6(2,3)7(8,9)4-5-10/h4-5,10H2,1-3H3. The van der Waals surface area contributed by atoms with Crippen LogP contribution in [0.3, 0.4) is 0 Å². The minimum absolute atomic E-state index is 0.0459. The molecule has 3 heteroatoms. The highest BCUT2D eigenvalue weighted by Gasteiger charge is 2.41. The number of halogens is 2. The summed E-state index contributed by atoms with van der Waals surface area (Å²) in [5.41, 5.74) is 4.07. The van der Waals surface area contributed by atoms with E-state index in [-0.39, 0.29) is 13.0 Å². The van der Waals surface area contributed by atoms with Crippen LogP contribution in [0.1, 0.15) is 27.2 Å². The summed E-state index contributed by atoms with van der Waals surface area (Å²) in [7, 11) is 0. The molecule has 0 aromatic rings. The smallest absolute Gasteiger partial charge is 0.254 e. The van der Waals surface area contributed by atoms with Crippen LogP contribution in [0.5, 0.6) is 0 Å². The van der Waals surface area contributed by atoms with E-state index in [0.717, 1.165) is 0 Å². The Labute approximate surface area is 60.6 Å². The predicted molar refractivity (Wildman–Crippen MR) is 38.1 cm³/mol. The first-order valence-electron chi connectivity index (χ1n) is 3.39. The minimum atomic E-state index is -2.64. The molecule has 0 unspecified atom stereocenters. The number of rotatable bonds is 2. The van der Waals surface area contributed by atoms with Crippen LogP contribution in [0.2, 0.25) is 0 Å². The fourth-order valence-electron chi connectivity index (χ4n) is 0.556. The lowest BCUT2D eigenvalue weighted by Crippen LogP contribution is -2.35. The SMILES string of the molecule is CC(C)(C)C(F)(F)CCN. The van der Waals surface area contributed by atoms with Crippen molar-refractivity contribution in [3.63, 3.8) is 0 Å². The molecular weight excluding hydrogens is 136 g/mol. The van der Waals surface area contributed by atoms with Gasteiger partial charge in [0.15, 0.2) is 0 Å². The highest BCUT2D eigenvalue weighted by molar-refractivity contribution is 4.81. The fourth-order valence-corrected chi connectivity index (χ4v) is 0.556. The van der Waals surface area contributed by atoms with Gasteiger partial charge in [-0.1, -0.05) is 20.8 Å². The van der Waals surface area contributed by atoms with Crippen molar-refractivity contribution in [2.75, 3.05) is 6.54 Å². The van der Waals surface area contributed by atoms with E-state index in [1.807, 2.05) is 0 Å². The molecule has 0 amide bonds. The van der Waals surface area contributed by atoms with Crippen LogP contribution in [0.4, 0.5) is 8.78 Å². The molecule has 1 nitrogen and oxygen atoms in total. The minimum Gasteiger partial charge on any atom is -0.330 e. The zero-order valence-electron chi connectivity index (χ0n) is 6.75. The Bertz CT molecular complexity index is 105. The Morgan fingerprint density at radius 2 is 1.60 bits per heavy atom. The summed E-state index contributed by atoms with van der Waals surface area (Å²) in [6, 6.07) is 0. The third-order valence-corrected chi connectivity index (χ3v) is 1.56. The molecule has 0 bridgehead atoms. The molecule has 0 saturated carbocycles. The maximum Gasteiger partial charge on any atom is 0.254 e. The molecule has 0 aliphatic carbocycles. The van der Waals surface area contributed by atoms with Crippen molar-refractivity contribution in [3.05, 3.63) is 0 Å². The Morgan fingerprint density at radius 3 is 1.70 bits per heavy atom. The summed E-state index contributed by atoms with van der Waals surface area (Å²) in [4.78, 5) is 0. The van der Waals surface area contributed by atoms with Crippen LogP contribution in [-0.4, -0.2) is 12.5 Å². The first kappa shape index (κ1) is 9.82. The zero-order chi connectivity index (χ0) is 8.41. The van der Waals surface area contributed by atoms with Gasteiger partial charge in [0.25, 0.3) is 5.92 Å². The molecule has 10 heavy (non-hydrogen) atoms. The van der Waals surface area contributed by atoms with Gasteiger partial charge in [-0.3, -0.25) is 0 Å². The third-order valence-electron chi connectivity index (χ3n) is 1.56. The van der Waals surface area contributed by atoms with Crippen molar-refractivity contribution in [3.8, 4) is 0 Å². The first-order valence-corrected chi connectivity index (χ1v) is 3.39. The molecule has 0 radical (unpaired) electrons.